The highest BCUT2D eigenvalue weighted by Gasteiger charge is 2.51. The minimum atomic E-state index is -0.904. The number of esters is 1. The van der Waals surface area contributed by atoms with E-state index < -0.39 is 5.41 Å². The molecule has 2 aromatic rings. The summed E-state index contributed by atoms with van der Waals surface area (Å²) in [6.07, 6.45) is 8.36. The predicted molar refractivity (Wildman–Crippen MR) is 166 cm³/mol. The topological polar surface area (TPSA) is 121 Å². The zero-order chi connectivity index (χ0) is 31.5. The number of carbonyl (C=O) groups is 3. The van der Waals surface area contributed by atoms with Crippen LogP contribution in [0.3, 0.4) is 0 Å². The number of rotatable bonds is 9. The molecule has 1 fully saturated rings. The molecule has 2 N–H and O–H groups in total. The molecule has 4 rings (SSSR count). The van der Waals surface area contributed by atoms with Crippen molar-refractivity contribution >= 4 is 17.8 Å². The van der Waals surface area contributed by atoms with Crippen LogP contribution in [-0.4, -0.2) is 58.1 Å². The van der Waals surface area contributed by atoms with Gasteiger partial charge < -0.3 is 15.0 Å². The Balaban J connectivity index is 1.51. The van der Waals surface area contributed by atoms with E-state index in [0.717, 1.165) is 28.8 Å². The Morgan fingerprint density at radius 3 is 2.56 bits per heavy atom. The van der Waals surface area contributed by atoms with Crippen molar-refractivity contribution in [3.63, 3.8) is 0 Å². The van der Waals surface area contributed by atoms with Crippen molar-refractivity contribution in [2.45, 2.75) is 79.8 Å². The summed E-state index contributed by atoms with van der Waals surface area (Å²) in [4.78, 5) is 54.2. The fourth-order valence-electron chi connectivity index (χ4n) is 6.42. The molecule has 1 aliphatic carbocycles. The summed E-state index contributed by atoms with van der Waals surface area (Å²) in [7, 11) is 0. The zero-order valence-electron chi connectivity index (χ0n) is 26.3. The summed E-state index contributed by atoms with van der Waals surface area (Å²) >= 11 is 0. The van der Waals surface area contributed by atoms with Crippen LogP contribution >= 0.6 is 0 Å². The first kappa shape index (κ1) is 31.9. The Morgan fingerprint density at radius 2 is 1.86 bits per heavy atom. The summed E-state index contributed by atoms with van der Waals surface area (Å²) in [5, 5.41) is 9.25. The Bertz CT molecular complexity index is 1500. The van der Waals surface area contributed by atoms with Crippen molar-refractivity contribution in [3.05, 3.63) is 86.4 Å². The van der Waals surface area contributed by atoms with Crippen LogP contribution < -0.4 is 10.9 Å². The Morgan fingerprint density at radius 1 is 1.12 bits per heavy atom. The summed E-state index contributed by atoms with van der Waals surface area (Å²) in [5.41, 5.74) is 3.56. The van der Waals surface area contributed by atoms with E-state index in [2.05, 4.69) is 47.6 Å². The average molecular weight is 589 g/mol. The quantitative estimate of drug-likeness (QED) is 0.418. The molecule has 2 aliphatic rings. The zero-order valence-corrected chi connectivity index (χ0v) is 26.3. The highest BCUT2D eigenvalue weighted by atomic mass is 16.5. The van der Waals surface area contributed by atoms with E-state index in [9.17, 15) is 19.2 Å². The second kappa shape index (κ2) is 13.1. The number of likely N-dealkylation sites (tertiary alicyclic amines) is 1. The molecule has 2 amide bonds. The Hall–Kier alpha value is -4.01. The van der Waals surface area contributed by atoms with Crippen LogP contribution in [0.1, 0.15) is 80.2 Å². The molecule has 0 radical (unpaired) electrons. The highest BCUT2D eigenvalue weighted by Crippen LogP contribution is 2.43. The molecular weight excluding hydrogens is 544 g/mol. The molecule has 2 heterocycles. The number of amides is 2. The first-order chi connectivity index (χ1) is 20.3. The molecule has 1 aromatic heterocycles. The molecule has 43 heavy (non-hydrogen) atoms. The van der Waals surface area contributed by atoms with Crippen molar-refractivity contribution in [2.24, 2.45) is 17.3 Å². The van der Waals surface area contributed by atoms with Gasteiger partial charge >= 0.3 is 5.97 Å². The third-order valence-electron chi connectivity index (χ3n) is 8.92. The van der Waals surface area contributed by atoms with Gasteiger partial charge in [-0.2, -0.15) is 5.10 Å². The van der Waals surface area contributed by atoms with Crippen LogP contribution in [0.5, 0.6) is 0 Å². The van der Waals surface area contributed by atoms with E-state index in [1.807, 2.05) is 38.7 Å². The Kier molecular flexibility index (Phi) is 9.72. The molecule has 9 nitrogen and oxygen atoms in total. The van der Waals surface area contributed by atoms with Crippen molar-refractivity contribution in [2.75, 3.05) is 13.2 Å². The minimum Gasteiger partial charge on any atom is -0.466 e. The molecule has 1 aliphatic heterocycles. The maximum atomic E-state index is 13.9. The number of aromatic amines is 1. The molecule has 1 saturated heterocycles. The number of allylic oxidation sites excluding steroid dienone is 3. The third-order valence-corrected chi connectivity index (χ3v) is 8.92. The SMILES string of the molecule is CCOC(=O)C(C)(C)[C@H]1CC[C@@H](C2C=C(C)C=CC2C)N1C(=O)CNC(=O)c1ccc(Cc2cc(C)n[nH]c2=O)c(C)c1. The lowest BCUT2D eigenvalue weighted by Crippen LogP contribution is -2.55. The fourth-order valence-corrected chi connectivity index (χ4v) is 6.42. The molecule has 0 spiro atoms. The molecule has 0 saturated carbocycles. The van der Waals surface area contributed by atoms with E-state index in [4.69, 9.17) is 4.74 Å². The fraction of sp³-hybridized carbons (Fsp3) is 0.500. The Labute approximate surface area is 253 Å². The minimum absolute atomic E-state index is 0.0977. The van der Waals surface area contributed by atoms with E-state index in [-0.39, 0.29) is 60.4 Å². The number of aromatic nitrogens is 2. The number of benzene rings is 1. The first-order valence-corrected chi connectivity index (χ1v) is 15.1. The smallest absolute Gasteiger partial charge is 0.313 e. The lowest BCUT2D eigenvalue weighted by molar-refractivity contribution is -0.159. The van der Waals surface area contributed by atoms with Crippen LogP contribution in [0.4, 0.5) is 0 Å². The lowest BCUT2D eigenvalue weighted by atomic mass is 9.81. The van der Waals surface area contributed by atoms with E-state index >= 15 is 0 Å². The number of nitrogens with one attached hydrogen (secondary N) is 2. The summed E-state index contributed by atoms with van der Waals surface area (Å²) < 4.78 is 5.40. The predicted octanol–water partition coefficient (Wildman–Crippen LogP) is 4.42. The van der Waals surface area contributed by atoms with Gasteiger partial charge in [0, 0.05) is 35.5 Å². The number of hydrogen-bond acceptors (Lipinski definition) is 6. The monoisotopic (exact) mass is 588 g/mol. The van der Waals surface area contributed by atoms with Gasteiger partial charge in [-0.05, 0) is 89.6 Å². The normalized spacial score (nSPS) is 21.8. The summed E-state index contributed by atoms with van der Waals surface area (Å²) in [6.45, 7) is 13.5. The van der Waals surface area contributed by atoms with Crippen molar-refractivity contribution < 1.29 is 19.1 Å². The number of carbonyl (C=O) groups excluding carboxylic acids is 3. The second-order valence-corrected chi connectivity index (χ2v) is 12.5. The van der Waals surface area contributed by atoms with Crippen LogP contribution in [0.15, 0.2) is 52.9 Å². The molecule has 9 heteroatoms. The van der Waals surface area contributed by atoms with Gasteiger partial charge in [0.1, 0.15) is 0 Å². The van der Waals surface area contributed by atoms with Gasteiger partial charge in [-0.1, -0.05) is 36.8 Å². The number of H-pyrrole nitrogens is 1. The van der Waals surface area contributed by atoms with Crippen molar-refractivity contribution in [3.8, 4) is 0 Å². The van der Waals surface area contributed by atoms with Gasteiger partial charge in [-0.15, -0.1) is 0 Å². The van der Waals surface area contributed by atoms with Crippen molar-refractivity contribution in [1.29, 1.82) is 0 Å². The molecule has 0 bridgehead atoms. The van der Waals surface area contributed by atoms with Crippen LogP contribution in [-0.2, 0) is 20.7 Å². The van der Waals surface area contributed by atoms with Gasteiger partial charge in [0.25, 0.3) is 11.5 Å². The van der Waals surface area contributed by atoms with Gasteiger partial charge in [0.2, 0.25) is 5.91 Å². The first-order valence-electron chi connectivity index (χ1n) is 15.1. The summed E-state index contributed by atoms with van der Waals surface area (Å²) in [5.74, 6) is -0.561. The number of ether oxygens (including phenoxy) is 1. The van der Waals surface area contributed by atoms with Crippen LogP contribution in [0, 0.1) is 31.1 Å². The lowest BCUT2D eigenvalue weighted by Gasteiger charge is -2.41. The van der Waals surface area contributed by atoms with Gasteiger partial charge in [0.05, 0.1) is 24.3 Å². The molecule has 1 aromatic carbocycles. The maximum Gasteiger partial charge on any atom is 0.313 e. The van der Waals surface area contributed by atoms with Gasteiger partial charge in [-0.25, -0.2) is 5.10 Å². The maximum absolute atomic E-state index is 13.9. The van der Waals surface area contributed by atoms with E-state index in [0.29, 0.717) is 24.0 Å². The van der Waals surface area contributed by atoms with E-state index in [1.165, 1.54) is 0 Å². The molecular formula is C34H44N4O5. The second-order valence-electron chi connectivity index (χ2n) is 12.5. The third kappa shape index (κ3) is 6.98. The molecule has 4 atom stereocenters. The van der Waals surface area contributed by atoms with E-state index in [1.54, 1.807) is 25.1 Å². The molecule has 2 unspecified atom stereocenters. The number of hydrogen-bond donors (Lipinski definition) is 2. The highest BCUT2D eigenvalue weighted by molar-refractivity contribution is 5.97. The standard InChI is InChI=1S/C34H44N4O5/c1-8-43-33(42)34(6,7)29-14-13-28(27-15-20(2)9-10-21(27)3)38(29)30(39)19-35-31(40)25-12-11-24(22(4)16-25)18-26-17-23(5)36-37-32(26)41/h9-12,15-17,21,27-29H,8,13-14,18-19H2,1-7H3,(H,35,40)(H,37,41)/t21?,27?,28-,29+/m0/s1. The average Bonchev–Trinajstić information content (AvgIpc) is 3.42. The van der Waals surface area contributed by atoms with Crippen LogP contribution in [0.25, 0.3) is 0 Å². The van der Waals surface area contributed by atoms with Crippen molar-refractivity contribution in [1.82, 2.24) is 20.4 Å². The van der Waals surface area contributed by atoms with Gasteiger partial charge in [-0.3, -0.25) is 19.2 Å². The van der Waals surface area contributed by atoms with Crippen LogP contribution in [0.2, 0.25) is 0 Å². The number of aryl methyl sites for hydroxylation is 2. The summed E-state index contributed by atoms with van der Waals surface area (Å²) in [6, 6.07) is 6.62. The number of nitrogens with zero attached hydrogens (tertiary/aromatic N) is 2. The molecule has 230 valence electrons. The largest absolute Gasteiger partial charge is 0.466 e. The van der Waals surface area contributed by atoms with Gasteiger partial charge in [0.15, 0.2) is 0 Å².